The molecule has 3 aliphatic heterocycles. The highest BCUT2D eigenvalue weighted by molar-refractivity contribution is 8.14. The first-order valence-corrected chi connectivity index (χ1v) is 7.79. The molecule has 1 amide bonds. The lowest BCUT2D eigenvalue weighted by atomic mass is 10.1. The van der Waals surface area contributed by atoms with E-state index in [9.17, 15) is 13.6 Å². The maximum absolute atomic E-state index is 14.8. The van der Waals surface area contributed by atoms with Crippen LogP contribution in [0.5, 0.6) is 0 Å². The molecule has 1 saturated heterocycles. The summed E-state index contributed by atoms with van der Waals surface area (Å²) in [7, 11) is 0. The van der Waals surface area contributed by atoms with Gasteiger partial charge in [0.05, 0.1) is 17.0 Å². The highest BCUT2D eigenvalue weighted by atomic mass is 32.2. The molecule has 21 heavy (non-hydrogen) atoms. The molecule has 0 spiro atoms. The molecule has 3 aliphatic rings. The van der Waals surface area contributed by atoms with Gasteiger partial charge >= 0.3 is 0 Å². The van der Waals surface area contributed by atoms with E-state index in [-0.39, 0.29) is 22.1 Å². The molecule has 0 radical (unpaired) electrons. The van der Waals surface area contributed by atoms with Gasteiger partial charge in [0.2, 0.25) is 0 Å². The second-order valence-corrected chi connectivity index (χ2v) is 6.29. The molecule has 1 aromatic carbocycles. The van der Waals surface area contributed by atoms with Crippen molar-refractivity contribution in [2.45, 2.75) is 17.7 Å². The Hall–Kier alpha value is -1.63. The van der Waals surface area contributed by atoms with Crippen molar-refractivity contribution in [1.82, 2.24) is 4.90 Å². The number of benzene rings is 1. The van der Waals surface area contributed by atoms with Gasteiger partial charge in [-0.15, -0.1) is 0 Å². The summed E-state index contributed by atoms with van der Waals surface area (Å²) >= 11 is 1.13. The molecule has 7 heteroatoms. The smallest absolute Gasteiger partial charge is 0.261 e. The monoisotopic (exact) mass is 309 g/mol. The SMILES string of the molecule is O=C1c2cc(F)c(N3CCCC3)c(F)c2SC2=NCCN12. The Bertz CT molecular complexity index is 671. The number of rotatable bonds is 1. The van der Waals surface area contributed by atoms with E-state index in [1.54, 1.807) is 4.90 Å². The van der Waals surface area contributed by atoms with Crippen LogP contribution in [-0.2, 0) is 0 Å². The van der Waals surface area contributed by atoms with E-state index in [1.807, 2.05) is 0 Å². The summed E-state index contributed by atoms with van der Waals surface area (Å²) in [6.45, 7) is 2.31. The molecule has 1 fully saturated rings. The molecule has 0 unspecified atom stereocenters. The van der Waals surface area contributed by atoms with Crippen LogP contribution in [0.25, 0.3) is 0 Å². The minimum atomic E-state index is -0.651. The number of hydrogen-bond acceptors (Lipinski definition) is 4. The van der Waals surface area contributed by atoms with Gasteiger partial charge in [-0.1, -0.05) is 0 Å². The molecule has 0 aliphatic carbocycles. The van der Waals surface area contributed by atoms with Gasteiger partial charge in [0.1, 0.15) is 11.5 Å². The molecule has 110 valence electrons. The molecule has 4 nitrogen and oxygen atoms in total. The third-order valence-electron chi connectivity index (χ3n) is 4.04. The largest absolute Gasteiger partial charge is 0.367 e. The van der Waals surface area contributed by atoms with Crippen molar-refractivity contribution in [2.24, 2.45) is 4.99 Å². The normalized spacial score (nSPS) is 20.7. The minimum Gasteiger partial charge on any atom is -0.367 e. The first kappa shape index (κ1) is 13.1. The van der Waals surface area contributed by atoms with E-state index < -0.39 is 11.6 Å². The number of hydrogen-bond donors (Lipinski definition) is 0. The molecule has 0 bridgehead atoms. The number of amides is 1. The zero-order valence-electron chi connectivity index (χ0n) is 11.2. The highest BCUT2D eigenvalue weighted by Crippen LogP contribution is 2.41. The van der Waals surface area contributed by atoms with Gasteiger partial charge in [-0.2, -0.15) is 0 Å². The Labute approximate surface area is 124 Å². The molecule has 0 atom stereocenters. The second kappa shape index (κ2) is 4.69. The molecular formula is C14H13F2N3OS. The summed E-state index contributed by atoms with van der Waals surface area (Å²) < 4.78 is 29.1. The van der Waals surface area contributed by atoms with E-state index in [0.29, 0.717) is 31.3 Å². The Balaban J connectivity index is 1.86. The summed E-state index contributed by atoms with van der Waals surface area (Å²) in [5, 5.41) is 0.519. The first-order chi connectivity index (χ1) is 10.2. The van der Waals surface area contributed by atoms with Crippen molar-refractivity contribution < 1.29 is 13.6 Å². The number of thioether (sulfide) groups is 1. The Kier molecular flexibility index (Phi) is 2.92. The Morgan fingerprint density at radius 2 is 1.95 bits per heavy atom. The van der Waals surface area contributed by atoms with Gasteiger partial charge in [0.15, 0.2) is 11.0 Å². The molecule has 1 aromatic rings. The number of carbonyl (C=O) groups excluding carboxylic acids is 1. The lowest BCUT2D eigenvalue weighted by Gasteiger charge is -2.27. The zero-order valence-corrected chi connectivity index (χ0v) is 12.1. The van der Waals surface area contributed by atoms with Crippen molar-refractivity contribution >= 4 is 28.5 Å². The molecule has 0 N–H and O–H groups in total. The fourth-order valence-corrected chi connectivity index (χ4v) is 4.08. The summed E-state index contributed by atoms with van der Waals surface area (Å²) in [6.07, 6.45) is 1.87. The average molecular weight is 309 g/mol. The third kappa shape index (κ3) is 1.87. The summed E-state index contributed by atoms with van der Waals surface area (Å²) in [4.78, 5) is 19.9. The van der Waals surface area contributed by atoms with Crippen LogP contribution in [0, 0.1) is 11.6 Å². The predicted molar refractivity (Wildman–Crippen MR) is 77.0 cm³/mol. The fraction of sp³-hybridized carbons (Fsp3) is 0.429. The number of nitrogens with zero attached hydrogens (tertiary/aromatic N) is 3. The Morgan fingerprint density at radius 3 is 2.71 bits per heavy atom. The summed E-state index contributed by atoms with van der Waals surface area (Å²) in [5.41, 5.74) is 0.109. The predicted octanol–water partition coefficient (Wildman–Crippen LogP) is 2.48. The van der Waals surface area contributed by atoms with Crippen LogP contribution in [0.15, 0.2) is 16.0 Å². The van der Waals surface area contributed by atoms with Crippen LogP contribution < -0.4 is 4.90 Å². The van der Waals surface area contributed by atoms with Crippen LogP contribution in [0.3, 0.4) is 0 Å². The molecule has 0 saturated carbocycles. The average Bonchev–Trinajstić information content (AvgIpc) is 3.11. The number of aliphatic imine (C=N–C) groups is 1. The van der Waals surface area contributed by atoms with Gasteiger partial charge in [-0.05, 0) is 30.7 Å². The van der Waals surface area contributed by atoms with Crippen molar-refractivity contribution in [3.8, 4) is 0 Å². The molecule has 3 heterocycles. The fourth-order valence-electron chi connectivity index (χ4n) is 3.02. The number of amidine groups is 1. The van der Waals surface area contributed by atoms with Crippen molar-refractivity contribution in [2.75, 3.05) is 31.1 Å². The van der Waals surface area contributed by atoms with Gasteiger partial charge < -0.3 is 4.90 Å². The van der Waals surface area contributed by atoms with Crippen LogP contribution in [0.2, 0.25) is 0 Å². The van der Waals surface area contributed by atoms with E-state index in [4.69, 9.17) is 0 Å². The van der Waals surface area contributed by atoms with Gasteiger partial charge in [-0.25, -0.2) is 8.78 Å². The molecular weight excluding hydrogens is 296 g/mol. The maximum atomic E-state index is 14.8. The van der Waals surface area contributed by atoms with Crippen LogP contribution in [0.4, 0.5) is 14.5 Å². The lowest BCUT2D eigenvalue weighted by Crippen LogP contribution is -2.37. The van der Waals surface area contributed by atoms with Crippen LogP contribution >= 0.6 is 11.8 Å². The van der Waals surface area contributed by atoms with Gasteiger partial charge in [-0.3, -0.25) is 14.7 Å². The number of halogens is 2. The Morgan fingerprint density at radius 1 is 1.19 bits per heavy atom. The highest BCUT2D eigenvalue weighted by Gasteiger charge is 2.37. The second-order valence-electron chi connectivity index (χ2n) is 5.31. The van der Waals surface area contributed by atoms with Crippen LogP contribution in [0.1, 0.15) is 23.2 Å². The quantitative estimate of drug-likeness (QED) is 0.799. The van der Waals surface area contributed by atoms with Crippen molar-refractivity contribution in [3.05, 3.63) is 23.3 Å². The number of carbonyl (C=O) groups is 1. The topological polar surface area (TPSA) is 35.9 Å². The third-order valence-corrected chi connectivity index (χ3v) is 5.18. The molecule has 4 rings (SSSR count). The zero-order chi connectivity index (χ0) is 14.6. The van der Waals surface area contributed by atoms with E-state index >= 15 is 0 Å². The van der Waals surface area contributed by atoms with E-state index in [2.05, 4.69) is 4.99 Å². The first-order valence-electron chi connectivity index (χ1n) is 6.98. The summed E-state index contributed by atoms with van der Waals surface area (Å²) in [6, 6.07) is 1.18. The maximum Gasteiger partial charge on any atom is 0.261 e. The molecule has 0 aromatic heterocycles. The van der Waals surface area contributed by atoms with Gasteiger partial charge in [0.25, 0.3) is 5.91 Å². The van der Waals surface area contributed by atoms with Crippen LogP contribution in [-0.4, -0.2) is 42.2 Å². The standard InChI is InChI=1S/C14H13F2N3OS/c15-9-7-8-12(10(16)11(9)18-4-1-2-5-18)21-14-17-3-6-19(14)13(8)20/h7H,1-6H2. The summed E-state index contributed by atoms with van der Waals surface area (Å²) in [5.74, 6) is -1.63. The van der Waals surface area contributed by atoms with Crippen molar-refractivity contribution in [1.29, 1.82) is 0 Å². The number of fused-ring (bicyclic) bond motifs is 2. The van der Waals surface area contributed by atoms with Crippen molar-refractivity contribution in [3.63, 3.8) is 0 Å². The lowest BCUT2D eigenvalue weighted by molar-refractivity contribution is 0.0853. The van der Waals surface area contributed by atoms with E-state index in [0.717, 1.165) is 24.6 Å². The number of anilines is 1. The van der Waals surface area contributed by atoms with Gasteiger partial charge in [0, 0.05) is 19.6 Å². The van der Waals surface area contributed by atoms with E-state index in [1.165, 1.54) is 11.0 Å². The minimum absolute atomic E-state index is 0.00130.